The van der Waals surface area contributed by atoms with Gasteiger partial charge in [-0.1, -0.05) is 71.9 Å². The molecule has 0 saturated carbocycles. The molecular formula is C20H36O2. The van der Waals surface area contributed by atoms with E-state index in [0.717, 1.165) is 6.42 Å². The molecular weight excluding hydrogens is 272 g/mol. The van der Waals surface area contributed by atoms with Crippen molar-refractivity contribution >= 4 is 5.97 Å². The Labute approximate surface area is 138 Å². The molecule has 1 rings (SSSR count). The van der Waals surface area contributed by atoms with Crippen molar-refractivity contribution in [3.8, 4) is 0 Å². The first kappa shape index (κ1) is 23.0. The summed E-state index contributed by atoms with van der Waals surface area (Å²) in [5.41, 5.74) is 1.46. The largest absolute Gasteiger partial charge is 0.469 e. The summed E-state index contributed by atoms with van der Waals surface area (Å²) >= 11 is 0. The highest BCUT2D eigenvalue weighted by atomic mass is 16.5. The van der Waals surface area contributed by atoms with Crippen molar-refractivity contribution in [3.05, 3.63) is 35.9 Å². The zero-order valence-corrected chi connectivity index (χ0v) is 16.1. The number of methoxy groups -OCH3 is 1. The molecule has 2 nitrogen and oxygen atoms in total. The van der Waals surface area contributed by atoms with E-state index in [9.17, 15) is 4.79 Å². The third-order valence-electron chi connectivity index (χ3n) is 4.06. The second kappa shape index (κ2) is 11.3. The quantitative estimate of drug-likeness (QED) is 0.638. The van der Waals surface area contributed by atoms with E-state index in [1.165, 1.54) is 19.1 Å². The monoisotopic (exact) mass is 308 g/mol. The van der Waals surface area contributed by atoms with Gasteiger partial charge in [0.25, 0.3) is 0 Å². The predicted octanol–water partition coefficient (Wildman–Crippen LogP) is 6.00. The minimum absolute atomic E-state index is 0.134. The lowest BCUT2D eigenvalue weighted by Crippen LogP contribution is -2.24. The van der Waals surface area contributed by atoms with Crippen LogP contribution in [0.15, 0.2) is 30.3 Å². The summed E-state index contributed by atoms with van der Waals surface area (Å²) in [6.07, 6.45) is 2.01. The van der Waals surface area contributed by atoms with Crippen molar-refractivity contribution in [2.45, 2.75) is 73.6 Å². The zero-order chi connectivity index (χ0) is 17.8. The van der Waals surface area contributed by atoms with E-state index in [0.29, 0.717) is 5.41 Å². The summed E-state index contributed by atoms with van der Waals surface area (Å²) in [6.45, 7) is 16.5. The maximum Gasteiger partial charge on any atom is 0.311 e. The van der Waals surface area contributed by atoms with Gasteiger partial charge in [0.1, 0.15) is 0 Å². The molecule has 128 valence electrons. The van der Waals surface area contributed by atoms with Gasteiger partial charge in [0, 0.05) is 0 Å². The van der Waals surface area contributed by atoms with Gasteiger partial charge in [0.15, 0.2) is 0 Å². The van der Waals surface area contributed by atoms with E-state index >= 15 is 0 Å². The number of esters is 1. The van der Waals surface area contributed by atoms with Gasteiger partial charge in [0.2, 0.25) is 0 Å². The Balaban J connectivity index is 0. The van der Waals surface area contributed by atoms with Crippen LogP contribution in [-0.4, -0.2) is 13.1 Å². The Kier molecular flexibility index (Phi) is 11.8. The van der Waals surface area contributed by atoms with Crippen LogP contribution in [0.3, 0.4) is 0 Å². The second-order valence-electron chi connectivity index (χ2n) is 6.33. The van der Waals surface area contributed by atoms with Crippen molar-refractivity contribution in [2.75, 3.05) is 7.11 Å². The molecule has 0 radical (unpaired) electrons. The van der Waals surface area contributed by atoms with Crippen LogP contribution < -0.4 is 0 Å². The van der Waals surface area contributed by atoms with E-state index in [2.05, 4.69) is 55.8 Å². The molecule has 0 saturated heterocycles. The fourth-order valence-corrected chi connectivity index (χ4v) is 1.51. The van der Waals surface area contributed by atoms with Crippen LogP contribution in [-0.2, 0) is 14.9 Å². The lowest BCUT2D eigenvalue weighted by molar-refractivity contribution is -0.150. The molecule has 0 aliphatic heterocycles. The van der Waals surface area contributed by atoms with Gasteiger partial charge in [0.05, 0.1) is 12.5 Å². The predicted molar refractivity (Wildman–Crippen MR) is 97.2 cm³/mol. The van der Waals surface area contributed by atoms with Gasteiger partial charge in [-0.2, -0.15) is 0 Å². The fraction of sp³-hybridized carbons (Fsp3) is 0.650. The van der Waals surface area contributed by atoms with E-state index < -0.39 is 0 Å². The topological polar surface area (TPSA) is 26.3 Å². The Morgan fingerprint density at radius 3 is 1.68 bits per heavy atom. The van der Waals surface area contributed by atoms with Crippen LogP contribution in [0.2, 0.25) is 0 Å². The minimum atomic E-state index is -0.311. The lowest BCUT2D eigenvalue weighted by Gasteiger charge is -2.22. The van der Waals surface area contributed by atoms with E-state index in [1.807, 2.05) is 34.6 Å². The highest BCUT2D eigenvalue weighted by Crippen LogP contribution is 2.25. The molecule has 1 aromatic carbocycles. The van der Waals surface area contributed by atoms with Gasteiger partial charge in [-0.3, -0.25) is 4.79 Å². The Morgan fingerprint density at radius 1 is 0.955 bits per heavy atom. The third kappa shape index (κ3) is 8.21. The molecule has 0 bridgehead atoms. The molecule has 0 unspecified atom stereocenters. The van der Waals surface area contributed by atoms with Crippen LogP contribution in [0.1, 0.15) is 73.8 Å². The molecule has 0 fully saturated rings. The molecule has 0 amide bonds. The average Bonchev–Trinajstić information content (AvgIpc) is 2.57. The number of carbonyl (C=O) groups is 1. The zero-order valence-electron chi connectivity index (χ0n) is 16.1. The van der Waals surface area contributed by atoms with Crippen LogP contribution in [0.5, 0.6) is 0 Å². The fourth-order valence-electron chi connectivity index (χ4n) is 1.51. The average molecular weight is 309 g/mol. The lowest BCUT2D eigenvalue weighted by atomic mass is 9.82. The highest BCUT2D eigenvalue weighted by Gasteiger charge is 2.25. The van der Waals surface area contributed by atoms with E-state index in [4.69, 9.17) is 0 Å². The molecule has 2 heteroatoms. The molecule has 1 aromatic rings. The van der Waals surface area contributed by atoms with Gasteiger partial charge < -0.3 is 4.74 Å². The molecule has 0 heterocycles. The van der Waals surface area contributed by atoms with Gasteiger partial charge in [-0.05, 0) is 37.7 Å². The SMILES string of the molecule is CC.CCC(C)(C)C(=O)OC.CCC(C)(C)c1ccccc1. The summed E-state index contributed by atoms with van der Waals surface area (Å²) in [4.78, 5) is 10.8. The summed E-state index contributed by atoms with van der Waals surface area (Å²) in [5.74, 6) is -0.134. The van der Waals surface area contributed by atoms with Crippen molar-refractivity contribution in [3.63, 3.8) is 0 Å². The smallest absolute Gasteiger partial charge is 0.311 e. The van der Waals surface area contributed by atoms with Crippen molar-refractivity contribution in [1.29, 1.82) is 0 Å². The third-order valence-corrected chi connectivity index (χ3v) is 4.06. The maximum atomic E-state index is 10.8. The summed E-state index contributed by atoms with van der Waals surface area (Å²) in [7, 11) is 1.42. The maximum absolute atomic E-state index is 10.8. The molecule has 0 atom stereocenters. The van der Waals surface area contributed by atoms with Crippen LogP contribution in [0.25, 0.3) is 0 Å². The second-order valence-corrected chi connectivity index (χ2v) is 6.33. The summed E-state index contributed by atoms with van der Waals surface area (Å²) in [5, 5.41) is 0. The van der Waals surface area contributed by atoms with Crippen LogP contribution in [0.4, 0.5) is 0 Å². The summed E-state index contributed by atoms with van der Waals surface area (Å²) < 4.78 is 4.57. The minimum Gasteiger partial charge on any atom is -0.469 e. The Hall–Kier alpha value is -1.31. The summed E-state index contributed by atoms with van der Waals surface area (Å²) in [6, 6.07) is 10.7. The molecule has 22 heavy (non-hydrogen) atoms. The first-order valence-corrected chi connectivity index (χ1v) is 8.35. The van der Waals surface area contributed by atoms with Crippen molar-refractivity contribution < 1.29 is 9.53 Å². The van der Waals surface area contributed by atoms with Gasteiger partial charge in [-0.15, -0.1) is 0 Å². The number of hydrogen-bond donors (Lipinski definition) is 0. The first-order valence-electron chi connectivity index (χ1n) is 8.35. The molecule has 0 spiro atoms. The standard InChI is InChI=1S/C11H16.C7H14O2.C2H6/c1-4-11(2,3)10-8-6-5-7-9-10;1-5-7(2,3)6(8)9-4;1-2/h5-9H,4H2,1-3H3;5H2,1-4H3;1-2H3. The van der Waals surface area contributed by atoms with Gasteiger partial charge in [-0.25, -0.2) is 0 Å². The van der Waals surface area contributed by atoms with Crippen LogP contribution in [0, 0.1) is 5.41 Å². The number of ether oxygens (including phenoxy) is 1. The molecule has 0 N–H and O–H groups in total. The van der Waals surface area contributed by atoms with Gasteiger partial charge >= 0.3 is 5.97 Å². The number of hydrogen-bond acceptors (Lipinski definition) is 2. The Morgan fingerprint density at radius 2 is 1.41 bits per heavy atom. The van der Waals surface area contributed by atoms with Crippen molar-refractivity contribution in [2.24, 2.45) is 5.41 Å². The molecule has 0 aliphatic carbocycles. The highest BCUT2D eigenvalue weighted by molar-refractivity contribution is 5.75. The normalized spacial score (nSPS) is 10.6. The molecule has 0 aromatic heterocycles. The van der Waals surface area contributed by atoms with E-state index in [-0.39, 0.29) is 11.4 Å². The van der Waals surface area contributed by atoms with Crippen molar-refractivity contribution in [1.82, 2.24) is 0 Å². The Bertz CT molecular complexity index is 391. The number of benzene rings is 1. The van der Waals surface area contributed by atoms with E-state index in [1.54, 1.807) is 0 Å². The number of rotatable bonds is 4. The first-order chi connectivity index (χ1) is 10.2. The molecule has 0 aliphatic rings. The number of carbonyl (C=O) groups excluding carboxylic acids is 1. The van der Waals surface area contributed by atoms with Crippen LogP contribution >= 0.6 is 0 Å².